The van der Waals surface area contributed by atoms with Gasteiger partial charge in [0.1, 0.15) is 11.3 Å². The molecule has 1 aromatic carbocycles. The number of hydrogen-bond donors (Lipinski definition) is 1. The molecule has 19 heavy (non-hydrogen) atoms. The van der Waals surface area contributed by atoms with E-state index in [4.69, 9.17) is 8.83 Å². The van der Waals surface area contributed by atoms with Crippen LogP contribution in [0.4, 0.5) is 0 Å². The largest absolute Gasteiger partial charge is 0.472 e. The number of furan rings is 2. The fourth-order valence-corrected chi connectivity index (χ4v) is 2.36. The first-order valence-electron chi connectivity index (χ1n) is 6.48. The van der Waals surface area contributed by atoms with Crippen LogP contribution < -0.4 is 5.32 Å². The summed E-state index contributed by atoms with van der Waals surface area (Å²) in [5.74, 6) is 1.00. The van der Waals surface area contributed by atoms with Gasteiger partial charge in [0.05, 0.1) is 18.6 Å². The number of benzene rings is 1. The van der Waals surface area contributed by atoms with Crippen LogP contribution in [0.5, 0.6) is 0 Å². The van der Waals surface area contributed by atoms with Crippen LogP contribution in [-0.2, 0) is 6.54 Å². The van der Waals surface area contributed by atoms with Gasteiger partial charge >= 0.3 is 0 Å². The van der Waals surface area contributed by atoms with Crippen molar-refractivity contribution < 1.29 is 8.83 Å². The Morgan fingerprint density at radius 2 is 2.05 bits per heavy atom. The molecule has 0 fully saturated rings. The van der Waals surface area contributed by atoms with Gasteiger partial charge in [0.2, 0.25) is 0 Å². The first kappa shape index (κ1) is 12.1. The molecule has 1 unspecified atom stereocenters. The number of aryl methyl sites for hydroxylation is 1. The summed E-state index contributed by atoms with van der Waals surface area (Å²) in [6.07, 6.45) is 3.44. The van der Waals surface area contributed by atoms with E-state index in [1.807, 2.05) is 24.3 Å². The molecule has 3 aromatic rings. The first-order valence-corrected chi connectivity index (χ1v) is 6.48. The third-order valence-corrected chi connectivity index (χ3v) is 3.47. The summed E-state index contributed by atoms with van der Waals surface area (Å²) in [5.41, 5.74) is 3.30. The molecule has 2 heterocycles. The minimum absolute atomic E-state index is 0.169. The third kappa shape index (κ3) is 2.29. The smallest absolute Gasteiger partial charge is 0.134 e. The standard InChI is InChI=1S/C16H17NO2/c1-11-14-5-3-4-6-15(14)19-16(11)12(2)17-9-13-7-8-18-10-13/h3-8,10,12,17H,9H2,1-2H3. The Morgan fingerprint density at radius 3 is 2.79 bits per heavy atom. The molecule has 98 valence electrons. The monoisotopic (exact) mass is 255 g/mol. The summed E-state index contributed by atoms with van der Waals surface area (Å²) < 4.78 is 11.0. The van der Waals surface area contributed by atoms with E-state index in [9.17, 15) is 0 Å². The normalized spacial score (nSPS) is 12.9. The minimum Gasteiger partial charge on any atom is -0.472 e. The predicted molar refractivity (Wildman–Crippen MR) is 74.9 cm³/mol. The molecule has 3 heteroatoms. The maximum absolute atomic E-state index is 5.94. The Hall–Kier alpha value is -2.00. The van der Waals surface area contributed by atoms with Crippen molar-refractivity contribution in [2.24, 2.45) is 0 Å². The number of fused-ring (bicyclic) bond motifs is 1. The summed E-state index contributed by atoms with van der Waals surface area (Å²) in [6, 6.07) is 10.3. The van der Waals surface area contributed by atoms with Gasteiger partial charge in [-0.1, -0.05) is 18.2 Å². The van der Waals surface area contributed by atoms with Gasteiger partial charge < -0.3 is 14.2 Å². The van der Waals surface area contributed by atoms with Crippen molar-refractivity contribution in [3.05, 3.63) is 59.7 Å². The Bertz CT molecular complexity index is 667. The molecule has 0 aliphatic rings. The van der Waals surface area contributed by atoms with Crippen molar-refractivity contribution in [1.82, 2.24) is 5.32 Å². The Balaban J connectivity index is 1.81. The van der Waals surface area contributed by atoms with Crippen molar-refractivity contribution >= 4 is 11.0 Å². The number of hydrogen-bond acceptors (Lipinski definition) is 3. The van der Waals surface area contributed by atoms with Crippen LogP contribution in [0, 0.1) is 6.92 Å². The fourth-order valence-electron chi connectivity index (χ4n) is 2.36. The summed E-state index contributed by atoms with van der Waals surface area (Å²) in [4.78, 5) is 0. The van der Waals surface area contributed by atoms with Crippen LogP contribution in [0.3, 0.4) is 0 Å². The summed E-state index contributed by atoms with van der Waals surface area (Å²) in [5, 5.41) is 4.64. The molecule has 1 N–H and O–H groups in total. The molecule has 0 spiro atoms. The Labute approximate surface area is 112 Å². The van der Waals surface area contributed by atoms with E-state index in [-0.39, 0.29) is 6.04 Å². The highest BCUT2D eigenvalue weighted by Crippen LogP contribution is 2.29. The van der Waals surface area contributed by atoms with Crippen LogP contribution in [0.15, 0.2) is 51.7 Å². The molecule has 1 atom stereocenters. The van der Waals surface area contributed by atoms with Gasteiger partial charge in [0.15, 0.2) is 0 Å². The average Bonchev–Trinajstić information content (AvgIpc) is 3.05. The second-order valence-electron chi connectivity index (χ2n) is 4.82. The average molecular weight is 255 g/mol. The molecule has 0 aliphatic carbocycles. The maximum atomic E-state index is 5.94. The lowest BCUT2D eigenvalue weighted by Crippen LogP contribution is -2.17. The number of para-hydroxylation sites is 1. The van der Waals surface area contributed by atoms with Crippen molar-refractivity contribution in [1.29, 1.82) is 0 Å². The van der Waals surface area contributed by atoms with Crippen molar-refractivity contribution in [3.8, 4) is 0 Å². The van der Waals surface area contributed by atoms with Gasteiger partial charge in [-0.15, -0.1) is 0 Å². The second kappa shape index (κ2) is 4.94. The molecule has 0 radical (unpaired) electrons. The fraction of sp³-hybridized carbons (Fsp3) is 0.250. The highest BCUT2D eigenvalue weighted by Gasteiger charge is 2.15. The second-order valence-corrected chi connectivity index (χ2v) is 4.82. The van der Waals surface area contributed by atoms with E-state index >= 15 is 0 Å². The van der Waals surface area contributed by atoms with Crippen LogP contribution in [0.25, 0.3) is 11.0 Å². The van der Waals surface area contributed by atoms with Crippen LogP contribution in [0.1, 0.15) is 29.9 Å². The van der Waals surface area contributed by atoms with Gasteiger partial charge in [-0.25, -0.2) is 0 Å². The molecule has 0 bridgehead atoms. The molecule has 2 aromatic heterocycles. The molecule has 0 aliphatic heterocycles. The number of rotatable bonds is 4. The molecule has 0 saturated carbocycles. The van der Waals surface area contributed by atoms with E-state index in [0.29, 0.717) is 0 Å². The van der Waals surface area contributed by atoms with Crippen molar-refractivity contribution in [3.63, 3.8) is 0 Å². The first-order chi connectivity index (χ1) is 9.25. The van der Waals surface area contributed by atoms with Gasteiger partial charge in [0.25, 0.3) is 0 Å². The zero-order valence-electron chi connectivity index (χ0n) is 11.1. The van der Waals surface area contributed by atoms with Gasteiger partial charge in [0, 0.05) is 17.5 Å². The molecule has 3 nitrogen and oxygen atoms in total. The minimum atomic E-state index is 0.169. The van der Waals surface area contributed by atoms with Crippen molar-refractivity contribution in [2.75, 3.05) is 0 Å². The van der Waals surface area contributed by atoms with E-state index in [1.54, 1.807) is 12.5 Å². The number of nitrogens with one attached hydrogen (secondary N) is 1. The van der Waals surface area contributed by atoms with Gasteiger partial charge in [-0.3, -0.25) is 0 Å². The third-order valence-electron chi connectivity index (χ3n) is 3.47. The van der Waals surface area contributed by atoms with E-state index in [0.717, 1.165) is 23.5 Å². The topological polar surface area (TPSA) is 38.3 Å². The van der Waals surface area contributed by atoms with E-state index in [1.165, 1.54) is 10.9 Å². The molecular formula is C16H17NO2. The SMILES string of the molecule is Cc1c(C(C)NCc2ccoc2)oc2ccccc12. The van der Waals surface area contributed by atoms with Gasteiger partial charge in [-0.2, -0.15) is 0 Å². The zero-order chi connectivity index (χ0) is 13.2. The molecule has 0 amide bonds. The zero-order valence-corrected chi connectivity index (χ0v) is 11.1. The van der Waals surface area contributed by atoms with E-state index in [2.05, 4.69) is 25.2 Å². The van der Waals surface area contributed by atoms with Crippen LogP contribution in [0.2, 0.25) is 0 Å². The molecule has 3 rings (SSSR count). The molecule has 0 saturated heterocycles. The van der Waals surface area contributed by atoms with Gasteiger partial charge in [-0.05, 0) is 31.5 Å². The highest BCUT2D eigenvalue weighted by atomic mass is 16.3. The Kier molecular flexibility index (Phi) is 3.13. The van der Waals surface area contributed by atoms with Crippen LogP contribution in [-0.4, -0.2) is 0 Å². The predicted octanol–water partition coefficient (Wildman–Crippen LogP) is 4.19. The van der Waals surface area contributed by atoms with Crippen LogP contribution >= 0.6 is 0 Å². The summed E-state index contributed by atoms with van der Waals surface area (Å²) in [7, 11) is 0. The molecular weight excluding hydrogens is 238 g/mol. The summed E-state index contributed by atoms with van der Waals surface area (Å²) in [6.45, 7) is 5.00. The van der Waals surface area contributed by atoms with Crippen molar-refractivity contribution in [2.45, 2.75) is 26.4 Å². The lowest BCUT2D eigenvalue weighted by Gasteiger charge is -2.11. The summed E-state index contributed by atoms with van der Waals surface area (Å²) >= 11 is 0. The van der Waals surface area contributed by atoms with E-state index < -0.39 is 0 Å². The quantitative estimate of drug-likeness (QED) is 0.759. The Morgan fingerprint density at radius 1 is 1.21 bits per heavy atom. The lowest BCUT2D eigenvalue weighted by molar-refractivity contribution is 0.446. The lowest BCUT2D eigenvalue weighted by atomic mass is 10.1. The maximum Gasteiger partial charge on any atom is 0.134 e. The highest BCUT2D eigenvalue weighted by molar-refractivity contribution is 5.82.